The van der Waals surface area contributed by atoms with Crippen molar-refractivity contribution in [3.63, 3.8) is 0 Å². The molecule has 0 spiro atoms. The number of halogens is 1. The second-order valence-electron chi connectivity index (χ2n) is 4.49. The zero-order valence-electron chi connectivity index (χ0n) is 9.97. The van der Waals surface area contributed by atoms with Gasteiger partial charge in [0.25, 0.3) is 0 Å². The maximum atomic E-state index is 10.2. The molecule has 0 bridgehead atoms. The maximum Gasteiger partial charge on any atom is 0.0917 e. The van der Waals surface area contributed by atoms with E-state index in [1.54, 1.807) is 0 Å². The summed E-state index contributed by atoms with van der Waals surface area (Å²) in [6.45, 7) is 5.14. The van der Waals surface area contributed by atoms with Crippen molar-refractivity contribution in [3.8, 4) is 0 Å². The maximum absolute atomic E-state index is 10.2. The molecule has 1 aliphatic rings. The van der Waals surface area contributed by atoms with E-state index in [4.69, 9.17) is 16.3 Å². The highest BCUT2D eigenvalue weighted by molar-refractivity contribution is 6.30. The van der Waals surface area contributed by atoms with Crippen LogP contribution in [0.3, 0.4) is 0 Å². The van der Waals surface area contributed by atoms with Crippen molar-refractivity contribution >= 4 is 11.6 Å². The first kappa shape index (κ1) is 12.8. The van der Waals surface area contributed by atoms with Crippen molar-refractivity contribution in [2.75, 3.05) is 26.3 Å². The predicted octanol–water partition coefficient (Wildman–Crippen LogP) is 2.09. The van der Waals surface area contributed by atoms with Crippen LogP contribution < -0.4 is 0 Å². The van der Waals surface area contributed by atoms with Crippen molar-refractivity contribution < 1.29 is 9.84 Å². The number of aliphatic hydroxyl groups is 1. The van der Waals surface area contributed by atoms with E-state index in [9.17, 15) is 5.11 Å². The van der Waals surface area contributed by atoms with Crippen molar-refractivity contribution in [2.24, 2.45) is 0 Å². The first-order valence-electron chi connectivity index (χ1n) is 5.92. The molecular weight excluding hydrogens is 238 g/mol. The molecule has 94 valence electrons. The van der Waals surface area contributed by atoms with Gasteiger partial charge in [-0.15, -0.1) is 0 Å². The molecule has 3 nitrogen and oxygen atoms in total. The average molecular weight is 256 g/mol. The second kappa shape index (κ2) is 5.83. The van der Waals surface area contributed by atoms with Crippen molar-refractivity contribution in [1.29, 1.82) is 0 Å². The largest absolute Gasteiger partial charge is 0.387 e. The lowest BCUT2D eigenvalue weighted by Crippen LogP contribution is -2.45. The third kappa shape index (κ3) is 3.42. The summed E-state index contributed by atoms with van der Waals surface area (Å²) in [4.78, 5) is 2.25. The minimum Gasteiger partial charge on any atom is -0.387 e. The average Bonchev–Trinajstić information content (AvgIpc) is 2.33. The Hall–Kier alpha value is -0.610. The van der Waals surface area contributed by atoms with E-state index >= 15 is 0 Å². The second-order valence-corrected chi connectivity index (χ2v) is 4.92. The summed E-state index contributed by atoms with van der Waals surface area (Å²) in [6.07, 6.45) is -0.465. The summed E-state index contributed by atoms with van der Waals surface area (Å²) >= 11 is 5.82. The molecule has 1 N–H and O–H groups in total. The van der Waals surface area contributed by atoms with Crippen LogP contribution in [0.25, 0.3) is 0 Å². The van der Waals surface area contributed by atoms with Gasteiger partial charge in [-0.2, -0.15) is 0 Å². The fraction of sp³-hybridized carbons (Fsp3) is 0.538. The summed E-state index contributed by atoms with van der Waals surface area (Å²) in [7, 11) is 0. The quantitative estimate of drug-likeness (QED) is 0.898. The van der Waals surface area contributed by atoms with Crippen LogP contribution in [-0.2, 0) is 4.74 Å². The molecule has 0 saturated carbocycles. The molecule has 2 rings (SSSR count). The van der Waals surface area contributed by atoms with Crippen LogP contribution >= 0.6 is 11.6 Å². The normalized spacial score (nSPS) is 23.6. The molecule has 1 heterocycles. The SMILES string of the molecule is CC1COCCN1CC(O)c1ccc(Cl)cc1. The summed E-state index contributed by atoms with van der Waals surface area (Å²) in [5.41, 5.74) is 0.910. The molecule has 1 aromatic rings. The number of hydrogen-bond donors (Lipinski definition) is 1. The summed E-state index contributed by atoms with van der Waals surface area (Å²) in [5, 5.41) is 10.9. The van der Waals surface area contributed by atoms with E-state index in [-0.39, 0.29) is 0 Å². The number of morpholine rings is 1. The molecule has 1 aromatic carbocycles. The Kier molecular flexibility index (Phi) is 4.40. The Morgan fingerprint density at radius 2 is 2.18 bits per heavy atom. The van der Waals surface area contributed by atoms with Gasteiger partial charge in [0.1, 0.15) is 0 Å². The van der Waals surface area contributed by atoms with E-state index in [1.807, 2.05) is 24.3 Å². The van der Waals surface area contributed by atoms with Crippen molar-refractivity contribution in [1.82, 2.24) is 4.90 Å². The molecule has 4 heteroatoms. The van der Waals surface area contributed by atoms with Gasteiger partial charge in [-0.3, -0.25) is 4.90 Å². The highest BCUT2D eigenvalue weighted by atomic mass is 35.5. The van der Waals surface area contributed by atoms with Crippen LogP contribution in [-0.4, -0.2) is 42.4 Å². The molecule has 2 atom stereocenters. The third-order valence-corrected chi connectivity index (χ3v) is 3.42. The predicted molar refractivity (Wildman–Crippen MR) is 68.3 cm³/mol. The Balaban J connectivity index is 1.95. The van der Waals surface area contributed by atoms with Gasteiger partial charge < -0.3 is 9.84 Å². The zero-order valence-corrected chi connectivity index (χ0v) is 10.7. The summed E-state index contributed by atoms with van der Waals surface area (Å²) < 4.78 is 5.37. The van der Waals surface area contributed by atoms with Crippen molar-refractivity contribution in [3.05, 3.63) is 34.9 Å². The first-order chi connectivity index (χ1) is 8.16. The number of aliphatic hydroxyl groups excluding tert-OH is 1. The standard InChI is InChI=1S/C13H18ClNO2/c1-10-9-17-7-6-15(10)8-13(16)11-2-4-12(14)5-3-11/h2-5,10,13,16H,6-9H2,1H3. The van der Waals surface area contributed by atoms with E-state index in [0.29, 0.717) is 17.6 Å². The lowest BCUT2D eigenvalue weighted by atomic mass is 10.1. The van der Waals surface area contributed by atoms with E-state index in [2.05, 4.69) is 11.8 Å². The molecule has 0 aliphatic carbocycles. The van der Waals surface area contributed by atoms with Gasteiger partial charge in [-0.1, -0.05) is 23.7 Å². The van der Waals surface area contributed by atoms with Gasteiger partial charge in [0.05, 0.1) is 19.3 Å². The van der Waals surface area contributed by atoms with Gasteiger partial charge in [0.2, 0.25) is 0 Å². The Morgan fingerprint density at radius 3 is 2.82 bits per heavy atom. The van der Waals surface area contributed by atoms with Crippen LogP contribution in [0.2, 0.25) is 5.02 Å². The molecule has 0 aromatic heterocycles. The molecular formula is C13H18ClNO2. The Labute approximate surface area is 107 Å². The van der Waals surface area contributed by atoms with Gasteiger partial charge in [0.15, 0.2) is 0 Å². The monoisotopic (exact) mass is 255 g/mol. The smallest absolute Gasteiger partial charge is 0.0917 e. The minimum atomic E-state index is -0.465. The van der Waals surface area contributed by atoms with Gasteiger partial charge >= 0.3 is 0 Å². The number of ether oxygens (including phenoxy) is 1. The van der Waals surface area contributed by atoms with E-state index in [1.165, 1.54) is 0 Å². The fourth-order valence-electron chi connectivity index (χ4n) is 2.05. The highest BCUT2D eigenvalue weighted by Crippen LogP contribution is 2.19. The lowest BCUT2D eigenvalue weighted by molar-refractivity contribution is -0.0203. The number of rotatable bonds is 3. The Morgan fingerprint density at radius 1 is 1.47 bits per heavy atom. The van der Waals surface area contributed by atoms with Crippen LogP contribution in [0.15, 0.2) is 24.3 Å². The molecule has 17 heavy (non-hydrogen) atoms. The molecule has 2 unspecified atom stereocenters. The van der Waals surface area contributed by atoms with Crippen LogP contribution in [0.1, 0.15) is 18.6 Å². The lowest BCUT2D eigenvalue weighted by Gasteiger charge is -2.34. The third-order valence-electron chi connectivity index (χ3n) is 3.17. The number of nitrogens with zero attached hydrogens (tertiary/aromatic N) is 1. The minimum absolute atomic E-state index is 0.366. The van der Waals surface area contributed by atoms with Gasteiger partial charge in [0, 0.05) is 24.2 Å². The number of β-amino-alcohol motifs (C(OH)–C–C–N with tert-alkyl or cyclic N) is 1. The molecule has 0 amide bonds. The number of benzene rings is 1. The van der Waals surface area contributed by atoms with Crippen LogP contribution in [0, 0.1) is 0 Å². The van der Waals surface area contributed by atoms with Gasteiger partial charge in [-0.25, -0.2) is 0 Å². The van der Waals surface area contributed by atoms with Gasteiger partial charge in [-0.05, 0) is 24.6 Å². The zero-order chi connectivity index (χ0) is 12.3. The fourth-order valence-corrected chi connectivity index (χ4v) is 2.17. The van der Waals surface area contributed by atoms with Crippen LogP contribution in [0.4, 0.5) is 0 Å². The molecule has 1 fully saturated rings. The molecule has 0 radical (unpaired) electrons. The van der Waals surface area contributed by atoms with E-state index < -0.39 is 6.10 Å². The van der Waals surface area contributed by atoms with Crippen LogP contribution in [0.5, 0.6) is 0 Å². The highest BCUT2D eigenvalue weighted by Gasteiger charge is 2.21. The first-order valence-corrected chi connectivity index (χ1v) is 6.30. The summed E-state index contributed by atoms with van der Waals surface area (Å²) in [6, 6.07) is 7.73. The van der Waals surface area contributed by atoms with E-state index in [0.717, 1.165) is 25.3 Å². The molecule has 1 aliphatic heterocycles. The number of hydrogen-bond acceptors (Lipinski definition) is 3. The summed E-state index contributed by atoms with van der Waals surface area (Å²) in [5.74, 6) is 0. The topological polar surface area (TPSA) is 32.7 Å². The Bertz CT molecular complexity index is 355. The molecule has 1 saturated heterocycles. The van der Waals surface area contributed by atoms with Crippen molar-refractivity contribution in [2.45, 2.75) is 19.1 Å².